The molecule has 3 rings (SSSR count). The van der Waals surface area contributed by atoms with Crippen LogP contribution in [0.3, 0.4) is 0 Å². The van der Waals surface area contributed by atoms with Gasteiger partial charge < -0.3 is 24.9 Å². The number of hydrogen-bond acceptors (Lipinski definition) is 5. The molecule has 0 spiro atoms. The Morgan fingerprint density at radius 1 is 0.971 bits per heavy atom. The van der Waals surface area contributed by atoms with Crippen molar-refractivity contribution in [1.82, 2.24) is 15.2 Å². The van der Waals surface area contributed by atoms with E-state index in [0.717, 1.165) is 16.0 Å². The van der Waals surface area contributed by atoms with E-state index in [0.29, 0.717) is 24.6 Å². The molecule has 0 radical (unpaired) electrons. The number of carbonyl (C=O) groups excluding carboxylic acids is 2. The summed E-state index contributed by atoms with van der Waals surface area (Å²) < 4.78 is 5.77. The normalized spacial score (nSPS) is 12.0. The number of benzene rings is 2. The van der Waals surface area contributed by atoms with Gasteiger partial charge in [0.1, 0.15) is 24.5 Å². The third kappa shape index (κ3) is 7.07. The second-order valence-corrected chi connectivity index (χ2v) is 8.99. The highest BCUT2D eigenvalue weighted by Gasteiger charge is 2.34. The summed E-state index contributed by atoms with van der Waals surface area (Å²) in [6.07, 6.45) is 0.276. The SMILES string of the molecule is CC(C)(C)N(C(=O)[O-])C(Cc1ccc(OCc2ccccc2)cn1)C(=O)NCc1ccccc1. The minimum Gasteiger partial charge on any atom is -0.530 e. The van der Waals surface area contributed by atoms with Crippen LogP contribution in [0.25, 0.3) is 0 Å². The van der Waals surface area contributed by atoms with Gasteiger partial charge in [-0.1, -0.05) is 60.7 Å². The molecule has 178 valence electrons. The fourth-order valence-corrected chi connectivity index (χ4v) is 3.63. The van der Waals surface area contributed by atoms with E-state index in [-0.39, 0.29) is 6.42 Å². The highest BCUT2D eigenvalue weighted by molar-refractivity contribution is 5.85. The summed E-state index contributed by atoms with van der Waals surface area (Å²) in [6, 6.07) is 21.7. The van der Waals surface area contributed by atoms with E-state index in [1.807, 2.05) is 60.7 Å². The third-order valence-electron chi connectivity index (χ3n) is 5.29. The first-order valence-electron chi connectivity index (χ1n) is 11.2. The molecule has 0 aliphatic rings. The van der Waals surface area contributed by atoms with Gasteiger partial charge >= 0.3 is 0 Å². The van der Waals surface area contributed by atoms with Crippen LogP contribution in [0.2, 0.25) is 0 Å². The van der Waals surface area contributed by atoms with Crippen LogP contribution in [0.15, 0.2) is 79.0 Å². The molecule has 0 aliphatic carbocycles. The van der Waals surface area contributed by atoms with Gasteiger partial charge in [0.2, 0.25) is 5.91 Å². The predicted molar refractivity (Wildman–Crippen MR) is 128 cm³/mol. The Morgan fingerprint density at radius 2 is 1.59 bits per heavy atom. The lowest BCUT2D eigenvalue weighted by Gasteiger charge is -2.42. The Morgan fingerprint density at radius 3 is 2.12 bits per heavy atom. The third-order valence-corrected chi connectivity index (χ3v) is 5.29. The largest absolute Gasteiger partial charge is 0.530 e. The first-order chi connectivity index (χ1) is 16.2. The van der Waals surface area contributed by atoms with Crippen LogP contribution < -0.4 is 15.2 Å². The molecule has 1 N–H and O–H groups in total. The Kier molecular flexibility index (Phi) is 8.24. The summed E-state index contributed by atoms with van der Waals surface area (Å²) in [7, 11) is 0. The summed E-state index contributed by atoms with van der Waals surface area (Å²) in [6.45, 7) is 5.90. The number of carboxylic acid groups (broad SMARTS) is 1. The lowest BCUT2D eigenvalue weighted by Crippen LogP contribution is -2.61. The zero-order valence-electron chi connectivity index (χ0n) is 19.7. The molecule has 0 saturated carbocycles. The van der Waals surface area contributed by atoms with Gasteiger partial charge in [-0.15, -0.1) is 0 Å². The van der Waals surface area contributed by atoms with Gasteiger partial charge in [-0.2, -0.15) is 0 Å². The summed E-state index contributed by atoms with van der Waals surface area (Å²) in [5.74, 6) is 0.180. The van der Waals surface area contributed by atoms with Gasteiger partial charge in [0.05, 0.1) is 6.20 Å². The standard InChI is InChI=1S/C27H31N3O4/c1-27(2,3)30(26(32)33)24(25(31)29-17-20-10-6-4-7-11-20)16-22-14-15-23(18-28-22)34-19-21-12-8-5-9-13-21/h4-15,18,24H,16-17,19H2,1-3H3,(H,29,31)(H,32,33)/p-1. The lowest BCUT2D eigenvalue weighted by atomic mass is 9.99. The second-order valence-electron chi connectivity index (χ2n) is 8.99. The monoisotopic (exact) mass is 460 g/mol. The maximum absolute atomic E-state index is 13.1. The average molecular weight is 461 g/mol. The highest BCUT2D eigenvalue weighted by Crippen LogP contribution is 2.21. The quantitative estimate of drug-likeness (QED) is 0.529. The van der Waals surface area contributed by atoms with Gasteiger partial charge in [0, 0.05) is 24.2 Å². The lowest BCUT2D eigenvalue weighted by molar-refractivity contribution is -0.273. The zero-order chi connectivity index (χ0) is 24.6. The molecule has 1 atom stereocenters. The van der Waals surface area contributed by atoms with Crippen LogP contribution >= 0.6 is 0 Å². The van der Waals surface area contributed by atoms with Crippen molar-refractivity contribution in [3.05, 3.63) is 95.8 Å². The number of pyridine rings is 1. The molecule has 2 amide bonds. The van der Waals surface area contributed by atoms with Crippen LogP contribution in [-0.4, -0.2) is 33.5 Å². The number of hydrogen-bond donors (Lipinski definition) is 1. The topological polar surface area (TPSA) is 94.6 Å². The van der Waals surface area contributed by atoms with Crippen molar-refractivity contribution in [2.45, 2.75) is 51.9 Å². The van der Waals surface area contributed by atoms with Crippen molar-refractivity contribution in [3.8, 4) is 5.75 Å². The zero-order valence-corrected chi connectivity index (χ0v) is 19.7. The summed E-state index contributed by atoms with van der Waals surface area (Å²) in [5, 5.41) is 14.9. The second kappa shape index (κ2) is 11.3. The summed E-state index contributed by atoms with van der Waals surface area (Å²) in [4.78, 5) is 30.7. The van der Waals surface area contributed by atoms with E-state index in [9.17, 15) is 14.7 Å². The van der Waals surface area contributed by atoms with Crippen molar-refractivity contribution in [1.29, 1.82) is 0 Å². The van der Waals surface area contributed by atoms with E-state index >= 15 is 0 Å². The molecule has 1 heterocycles. The van der Waals surface area contributed by atoms with Crippen LogP contribution in [0, 0.1) is 0 Å². The molecule has 0 fully saturated rings. The van der Waals surface area contributed by atoms with Gasteiger partial charge in [0.25, 0.3) is 0 Å². The molecule has 2 aromatic carbocycles. The van der Waals surface area contributed by atoms with Gasteiger partial charge in [-0.25, -0.2) is 0 Å². The van der Waals surface area contributed by atoms with Crippen molar-refractivity contribution in [2.24, 2.45) is 0 Å². The Hall–Kier alpha value is -3.87. The maximum Gasteiger partial charge on any atom is 0.243 e. The molecule has 7 heteroatoms. The number of nitrogens with one attached hydrogen (secondary N) is 1. The Labute approximate surface area is 200 Å². The highest BCUT2D eigenvalue weighted by atomic mass is 16.5. The molecule has 3 aromatic rings. The number of nitrogens with zero attached hydrogens (tertiary/aromatic N) is 2. The fraction of sp³-hybridized carbons (Fsp3) is 0.296. The number of ether oxygens (including phenoxy) is 1. The average Bonchev–Trinajstić information content (AvgIpc) is 2.82. The predicted octanol–water partition coefficient (Wildman–Crippen LogP) is 3.33. The molecule has 0 aliphatic heterocycles. The molecule has 7 nitrogen and oxygen atoms in total. The molecule has 0 saturated heterocycles. The van der Waals surface area contributed by atoms with E-state index < -0.39 is 23.6 Å². The van der Waals surface area contributed by atoms with Crippen LogP contribution in [0.5, 0.6) is 5.75 Å². The first-order valence-corrected chi connectivity index (χ1v) is 11.2. The Bertz CT molecular complexity index is 1060. The number of amides is 2. The van der Waals surface area contributed by atoms with E-state index in [1.54, 1.807) is 39.1 Å². The molecular formula is C27H30N3O4-. The molecule has 1 aromatic heterocycles. The van der Waals surface area contributed by atoms with Crippen LogP contribution in [-0.2, 0) is 24.4 Å². The minimum absolute atomic E-state index is 0.102. The number of rotatable bonds is 9. The van der Waals surface area contributed by atoms with Crippen LogP contribution in [0.1, 0.15) is 37.6 Å². The molecule has 0 bridgehead atoms. The minimum atomic E-state index is -1.41. The van der Waals surface area contributed by atoms with E-state index in [4.69, 9.17) is 4.74 Å². The van der Waals surface area contributed by atoms with Gasteiger partial charge in [-0.3, -0.25) is 9.78 Å². The van der Waals surface area contributed by atoms with Crippen LogP contribution in [0.4, 0.5) is 4.79 Å². The van der Waals surface area contributed by atoms with Crippen molar-refractivity contribution in [2.75, 3.05) is 0 Å². The maximum atomic E-state index is 13.1. The van der Waals surface area contributed by atoms with Gasteiger partial charge in [-0.05, 0) is 44.0 Å². The van der Waals surface area contributed by atoms with E-state index in [1.165, 1.54) is 0 Å². The molecule has 34 heavy (non-hydrogen) atoms. The van der Waals surface area contributed by atoms with Crippen molar-refractivity contribution >= 4 is 12.0 Å². The number of aromatic nitrogens is 1. The van der Waals surface area contributed by atoms with Gasteiger partial charge in [0.15, 0.2) is 0 Å². The van der Waals surface area contributed by atoms with Crippen molar-refractivity contribution in [3.63, 3.8) is 0 Å². The number of carbonyl (C=O) groups is 2. The first kappa shape index (κ1) is 24.8. The Balaban J connectivity index is 1.73. The van der Waals surface area contributed by atoms with Crippen molar-refractivity contribution < 1.29 is 19.4 Å². The summed E-state index contributed by atoms with van der Waals surface area (Å²) >= 11 is 0. The smallest absolute Gasteiger partial charge is 0.243 e. The molecular weight excluding hydrogens is 430 g/mol. The molecule has 1 unspecified atom stereocenters. The fourth-order valence-electron chi connectivity index (χ4n) is 3.63. The summed E-state index contributed by atoms with van der Waals surface area (Å²) in [5.41, 5.74) is 1.69. The van der Waals surface area contributed by atoms with E-state index in [2.05, 4.69) is 10.3 Å².